The molecule has 1 aromatic carbocycles. The fourth-order valence-electron chi connectivity index (χ4n) is 2.52. The van der Waals surface area contributed by atoms with E-state index in [1.165, 1.54) is 0 Å². The lowest BCUT2D eigenvalue weighted by molar-refractivity contribution is 0.155. The van der Waals surface area contributed by atoms with Gasteiger partial charge in [0.05, 0.1) is 12.6 Å². The predicted octanol–water partition coefficient (Wildman–Crippen LogP) is 2.96. The lowest BCUT2D eigenvalue weighted by Gasteiger charge is -2.19. The second kappa shape index (κ2) is 6.17. The Hall–Kier alpha value is -2.37. The van der Waals surface area contributed by atoms with Gasteiger partial charge in [-0.15, -0.1) is 0 Å². The Morgan fingerprint density at radius 2 is 2.09 bits per heavy atom. The van der Waals surface area contributed by atoms with Crippen LogP contribution in [0, 0.1) is 5.92 Å². The number of aromatic nitrogens is 2. The van der Waals surface area contributed by atoms with Crippen LogP contribution >= 0.6 is 0 Å². The standard InChI is InChI=1S/C16H19N3O3/c1-11(2)8-15-17-14(18-22-15)9-19-13(10-21-16(19)20)12-6-4-3-5-7-12/h3-7,11,13H,8-10H2,1-2H3. The Kier molecular flexibility index (Phi) is 4.09. The molecule has 22 heavy (non-hydrogen) atoms. The van der Waals surface area contributed by atoms with Gasteiger partial charge in [0, 0.05) is 6.42 Å². The Labute approximate surface area is 129 Å². The predicted molar refractivity (Wildman–Crippen MR) is 78.9 cm³/mol. The van der Waals surface area contributed by atoms with Crippen LogP contribution in [-0.4, -0.2) is 27.7 Å². The SMILES string of the molecule is CC(C)Cc1nc(CN2C(=O)OCC2c2ccccc2)no1. The minimum absolute atomic E-state index is 0.110. The fourth-order valence-corrected chi connectivity index (χ4v) is 2.52. The van der Waals surface area contributed by atoms with Gasteiger partial charge in [-0.25, -0.2) is 4.79 Å². The van der Waals surface area contributed by atoms with E-state index in [-0.39, 0.29) is 12.1 Å². The molecule has 1 aromatic heterocycles. The van der Waals surface area contributed by atoms with E-state index in [1.54, 1.807) is 4.90 Å². The largest absolute Gasteiger partial charge is 0.447 e. The first kappa shape index (κ1) is 14.6. The molecule has 1 amide bonds. The van der Waals surface area contributed by atoms with Crippen LogP contribution in [0.5, 0.6) is 0 Å². The molecular weight excluding hydrogens is 282 g/mol. The molecule has 116 valence electrons. The van der Waals surface area contributed by atoms with E-state index in [4.69, 9.17) is 9.26 Å². The Morgan fingerprint density at radius 1 is 1.32 bits per heavy atom. The van der Waals surface area contributed by atoms with Crippen molar-refractivity contribution in [3.05, 3.63) is 47.6 Å². The topological polar surface area (TPSA) is 68.5 Å². The van der Waals surface area contributed by atoms with Crippen molar-refractivity contribution >= 4 is 6.09 Å². The van der Waals surface area contributed by atoms with Gasteiger partial charge in [-0.2, -0.15) is 4.98 Å². The van der Waals surface area contributed by atoms with Crippen molar-refractivity contribution in [2.45, 2.75) is 32.9 Å². The summed E-state index contributed by atoms with van der Waals surface area (Å²) in [5.74, 6) is 1.56. The van der Waals surface area contributed by atoms with Gasteiger partial charge in [0.25, 0.3) is 0 Å². The van der Waals surface area contributed by atoms with Crippen molar-refractivity contribution in [2.24, 2.45) is 5.92 Å². The Balaban J connectivity index is 1.74. The number of hydrogen-bond donors (Lipinski definition) is 0. The summed E-state index contributed by atoms with van der Waals surface area (Å²) in [5.41, 5.74) is 1.04. The highest BCUT2D eigenvalue weighted by Crippen LogP contribution is 2.28. The first-order valence-corrected chi connectivity index (χ1v) is 7.43. The average Bonchev–Trinajstić information content (AvgIpc) is 3.08. The molecule has 0 radical (unpaired) electrons. The number of carbonyl (C=O) groups is 1. The summed E-state index contributed by atoms with van der Waals surface area (Å²) >= 11 is 0. The van der Waals surface area contributed by atoms with Gasteiger partial charge < -0.3 is 9.26 Å². The Morgan fingerprint density at radius 3 is 2.82 bits per heavy atom. The van der Waals surface area contributed by atoms with Gasteiger partial charge in [0.15, 0.2) is 5.82 Å². The molecule has 1 saturated heterocycles. The number of hydrogen-bond acceptors (Lipinski definition) is 5. The minimum atomic E-state index is -0.343. The highest BCUT2D eigenvalue weighted by atomic mass is 16.6. The highest BCUT2D eigenvalue weighted by molar-refractivity contribution is 5.70. The van der Waals surface area contributed by atoms with E-state index in [0.717, 1.165) is 12.0 Å². The van der Waals surface area contributed by atoms with E-state index in [0.29, 0.717) is 30.8 Å². The van der Waals surface area contributed by atoms with E-state index >= 15 is 0 Å². The zero-order valence-corrected chi connectivity index (χ0v) is 12.7. The molecule has 2 heterocycles. The van der Waals surface area contributed by atoms with E-state index in [1.807, 2.05) is 30.3 Å². The van der Waals surface area contributed by atoms with Crippen molar-refractivity contribution in [2.75, 3.05) is 6.61 Å². The van der Waals surface area contributed by atoms with Crippen molar-refractivity contribution in [1.29, 1.82) is 0 Å². The van der Waals surface area contributed by atoms with E-state index in [9.17, 15) is 4.79 Å². The summed E-state index contributed by atoms with van der Waals surface area (Å²) in [7, 11) is 0. The third-order valence-electron chi connectivity index (χ3n) is 3.56. The maximum Gasteiger partial charge on any atom is 0.410 e. The van der Waals surface area contributed by atoms with Gasteiger partial charge in [-0.05, 0) is 11.5 Å². The average molecular weight is 301 g/mol. The monoisotopic (exact) mass is 301 g/mol. The van der Waals surface area contributed by atoms with Crippen LogP contribution < -0.4 is 0 Å². The van der Waals surface area contributed by atoms with Crippen molar-refractivity contribution < 1.29 is 14.1 Å². The number of cyclic esters (lactones) is 1. The van der Waals surface area contributed by atoms with Crippen LogP contribution in [0.2, 0.25) is 0 Å². The molecule has 6 heteroatoms. The quantitative estimate of drug-likeness (QED) is 0.849. The third-order valence-corrected chi connectivity index (χ3v) is 3.56. The minimum Gasteiger partial charge on any atom is -0.447 e. The van der Waals surface area contributed by atoms with Crippen molar-refractivity contribution in [3.63, 3.8) is 0 Å². The molecule has 2 aromatic rings. The zero-order chi connectivity index (χ0) is 15.5. The van der Waals surface area contributed by atoms with Crippen LogP contribution in [0.3, 0.4) is 0 Å². The lowest BCUT2D eigenvalue weighted by atomic mass is 10.1. The maximum atomic E-state index is 12.0. The summed E-state index contributed by atoms with van der Waals surface area (Å²) in [6.07, 6.45) is 0.392. The number of ether oxygens (including phenoxy) is 1. The molecule has 0 spiro atoms. The highest BCUT2D eigenvalue weighted by Gasteiger charge is 2.35. The van der Waals surface area contributed by atoms with Crippen molar-refractivity contribution in [3.8, 4) is 0 Å². The van der Waals surface area contributed by atoms with Gasteiger partial charge in [-0.3, -0.25) is 4.90 Å². The fraction of sp³-hybridized carbons (Fsp3) is 0.438. The number of carbonyl (C=O) groups excluding carboxylic acids is 1. The number of nitrogens with zero attached hydrogens (tertiary/aromatic N) is 3. The van der Waals surface area contributed by atoms with Gasteiger partial charge in [0.2, 0.25) is 5.89 Å². The summed E-state index contributed by atoms with van der Waals surface area (Å²) in [4.78, 5) is 18.0. The molecule has 1 unspecified atom stereocenters. The van der Waals surface area contributed by atoms with Crippen LogP contribution in [0.1, 0.15) is 37.2 Å². The summed E-state index contributed by atoms with van der Waals surface area (Å²) in [5, 5.41) is 3.96. The molecule has 1 aliphatic rings. The molecular formula is C16H19N3O3. The maximum absolute atomic E-state index is 12.0. The molecule has 1 atom stereocenters. The molecule has 3 rings (SSSR count). The molecule has 0 N–H and O–H groups in total. The third kappa shape index (κ3) is 3.10. The van der Waals surface area contributed by atoms with E-state index < -0.39 is 0 Å². The van der Waals surface area contributed by atoms with Crippen LogP contribution in [-0.2, 0) is 17.7 Å². The van der Waals surface area contributed by atoms with Crippen molar-refractivity contribution in [1.82, 2.24) is 15.0 Å². The molecule has 0 bridgehead atoms. The summed E-state index contributed by atoms with van der Waals surface area (Å²) in [6.45, 7) is 4.82. The van der Waals surface area contributed by atoms with E-state index in [2.05, 4.69) is 24.0 Å². The number of amides is 1. The number of benzene rings is 1. The molecule has 1 aliphatic heterocycles. The molecule has 1 fully saturated rings. The summed E-state index contributed by atoms with van der Waals surface area (Å²) < 4.78 is 10.4. The van der Waals surface area contributed by atoms with Crippen LogP contribution in [0.15, 0.2) is 34.9 Å². The molecule has 0 saturated carbocycles. The first-order valence-electron chi connectivity index (χ1n) is 7.43. The zero-order valence-electron chi connectivity index (χ0n) is 12.7. The normalized spacial score (nSPS) is 18.0. The first-order chi connectivity index (χ1) is 10.6. The number of rotatable bonds is 5. The second-order valence-corrected chi connectivity index (χ2v) is 5.83. The Bertz CT molecular complexity index is 639. The van der Waals surface area contributed by atoms with Gasteiger partial charge >= 0.3 is 6.09 Å². The van der Waals surface area contributed by atoms with Crippen LogP contribution in [0.25, 0.3) is 0 Å². The molecule has 0 aliphatic carbocycles. The molecule has 6 nitrogen and oxygen atoms in total. The smallest absolute Gasteiger partial charge is 0.410 e. The second-order valence-electron chi connectivity index (χ2n) is 5.83. The van der Waals surface area contributed by atoms with Crippen LogP contribution in [0.4, 0.5) is 4.79 Å². The van der Waals surface area contributed by atoms with Gasteiger partial charge in [-0.1, -0.05) is 49.3 Å². The lowest BCUT2D eigenvalue weighted by Crippen LogP contribution is -2.27. The summed E-state index contributed by atoms with van der Waals surface area (Å²) in [6, 6.07) is 9.71. The van der Waals surface area contributed by atoms with Gasteiger partial charge in [0.1, 0.15) is 6.61 Å².